The van der Waals surface area contributed by atoms with Gasteiger partial charge in [-0.1, -0.05) is 11.6 Å². The summed E-state index contributed by atoms with van der Waals surface area (Å²) in [4.78, 5) is 0. The molecule has 0 saturated carbocycles. The van der Waals surface area contributed by atoms with E-state index in [1.807, 2.05) is 0 Å². The van der Waals surface area contributed by atoms with Crippen LogP contribution in [0.25, 0.3) is 0 Å². The maximum Gasteiger partial charge on any atom is 0.133 e. The van der Waals surface area contributed by atoms with Crippen LogP contribution in [0.15, 0.2) is 22.7 Å². The van der Waals surface area contributed by atoms with Gasteiger partial charge in [-0.05, 0) is 48.0 Å². The van der Waals surface area contributed by atoms with E-state index < -0.39 is 5.60 Å². The van der Waals surface area contributed by atoms with Crippen LogP contribution in [0.3, 0.4) is 0 Å². The van der Waals surface area contributed by atoms with Crippen LogP contribution in [0.2, 0.25) is 5.02 Å². The van der Waals surface area contributed by atoms with Gasteiger partial charge in [0.25, 0.3) is 0 Å². The summed E-state index contributed by atoms with van der Waals surface area (Å²) < 4.78 is 6.33. The summed E-state index contributed by atoms with van der Waals surface area (Å²) in [6.45, 7) is 3.99. The van der Waals surface area contributed by atoms with E-state index in [-0.39, 0.29) is 0 Å². The molecule has 1 aromatic rings. The zero-order valence-corrected chi connectivity index (χ0v) is 11.1. The predicted octanol–water partition coefficient (Wildman–Crippen LogP) is 3.64. The van der Waals surface area contributed by atoms with Gasteiger partial charge in [0, 0.05) is 11.4 Å². The highest BCUT2D eigenvalue weighted by molar-refractivity contribution is 9.10. The van der Waals surface area contributed by atoms with Gasteiger partial charge in [0.15, 0.2) is 0 Å². The molecule has 0 aliphatic carbocycles. The summed E-state index contributed by atoms with van der Waals surface area (Å²) in [7, 11) is 0. The fourth-order valence-electron chi connectivity index (χ4n) is 1.00. The molecule has 0 radical (unpaired) electrons. The Balaban J connectivity index is 2.51. The number of rotatable bonds is 4. The predicted molar refractivity (Wildman–Crippen MR) is 65.6 cm³/mol. The van der Waals surface area contributed by atoms with Gasteiger partial charge < -0.3 is 9.84 Å². The van der Waals surface area contributed by atoms with E-state index in [1.165, 1.54) is 0 Å². The molecule has 2 nitrogen and oxygen atoms in total. The molecule has 0 aliphatic heterocycles. The van der Waals surface area contributed by atoms with Gasteiger partial charge in [-0.15, -0.1) is 0 Å². The van der Waals surface area contributed by atoms with Gasteiger partial charge in [0.1, 0.15) is 5.75 Å². The fourth-order valence-corrected chi connectivity index (χ4v) is 1.80. The molecule has 0 spiro atoms. The third-order valence-corrected chi connectivity index (χ3v) is 2.72. The molecule has 4 heteroatoms. The van der Waals surface area contributed by atoms with Crippen molar-refractivity contribution in [2.24, 2.45) is 0 Å². The molecule has 1 N–H and O–H groups in total. The van der Waals surface area contributed by atoms with E-state index in [2.05, 4.69) is 15.9 Å². The van der Waals surface area contributed by atoms with Crippen molar-refractivity contribution in [1.29, 1.82) is 0 Å². The van der Waals surface area contributed by atoms with E-state index in [9.17, 15) is 5.11 Å². The van der Waals surface area contributed by atoms with Crippen LogP contribution < -0.4 is 4.74 Å². The van der Waals surface area contributed by atoms with Crippen LogP contribution in [-0.4, -0.2) is 17.3 Å². The van der Waals surface area contributed by atoms with Gasteiger partial charge in [-0.2, -0.15) is 0 Å². The molecule has 0 fully saturated rings. The Morgan fingerprint density at radius 1 is 1.47 bits per heavy atom. The van der Waals surface area contributed by atoms with E-state index in [1.54, 1.807) is 32.0 Å². The molecule has 15 heavy (non-hydrogen) atoms. The lowest BCUT2D eigenvalue weighted by Gasteiger charge is -2.17. The van der Waals surface area contributed by atoms with E-state index in [4.69, 9.17) is 16.3 Å². The molecule has 0 heterocycles. The van der Waals surface area contributed by atoms with Crippen molar-refractivity contribution >= 4 is 27.5 Å². The Kier molecular flexibility index (Phi) is 4.44. The molecular formula is C11H14BrClO2. The van der Waals surface area contributed by atoms with Crippen molar-refractivity contribution < 1.29 is 9.84 Å². The van der Waals surface area contributed by atoms with Crippen molar-refractivity contribution in [1.82, 2.24) is 0 Å². The first-order valence-corrected chi connectivity index (χ1v) is 5.86. The summed E-state index contributed by atoms with van der Waals surface area (Å²) in [5, 5.41) is 10.2. The smallest absolute Gasteiger partial charge is 0.133 e. The topological polar surface area (TPSA) is 29.5 Å². The first-order chi connectivity index (χ1) is 6.88. The van der Waals surface area contributed by atoms with E-state index in [0.717, 1.165) is 10.2 Å². The van der Waals surface area contributed by atoms with Gasteiger partial charge in [0.05, 0.1) is 16.7 Å². The van der Waals surface area contributed by atoms with E-state index >= 15 is 0 Å². The average molecular weight is 294 g/mol. The molecule has 0 saturated heterocycles. The Morgan fingerprint density at radius 3 is 2.67 bits per heavy atom. The zero-order chi connectivity index (χ0) is 11.5. The third-order valence-electron chi connectivity index (χ3n) is 1.87. The van der Waals surface area contributed by atoms with Crippen molar-refractivity contribution in [3.05, 3.63) is 27.7 Å². The molecule has 0 bridgehead atoms. The van der Waals surface area contributed by atoms with Crippen LogP contribution in [0, 0.1) is 0 Å². The molecule has 84 valence electrons. The van der Waals surface area contributed by atoms with Crippen LogP contribution in [0.4, 0.5) is 0 Å². The first kappa shape index (κ1) is 12.8. The Bertz CT molecular complexity index is 334. The third kappa shape index (κ3) is 4.87. The fraction of sp³-hybridized carbons (Fsp3) is 0.455. The highest BCUT2D eigenvalue weighted by Gasteiger charge is 2.12. The lowest BCUT2D eigenvalue weighted by atomic mass is 10.1. The Hall–Kier alpha value is -0.250. The zero-order valence-electron chi connectivity index (χ0n) is 8.76. The quantitative estimate of drug-likeness (QED) is 0.918. The molecule has 0 unspecified atom stereocenters. The lowest BCUT2D eigenvalue weighted by molar-refractivity contribution is 0.0552. The number of halogens is 2. The number of hydrogen-bond acceptors (Lipinski definition) is 2. The SMILES string of the molecule is CC(C)(O)CCOc1ccc(Cl)cc1Br. The molecule has 1 rings (SSSR count). The highest BCUT2D eigenvalue weighted by Crippen LogP contribution is 2.28. The van der Waals surface area contributed by atoms with E-state index in [0.29, 0.717) is 18.1 Å². The van der Waals surface area contributed by atoms with Gasteiger partial charge in [0.2, 0.25) is 0 Å². The average Bonchev–Trinajstić information content (AvgIpc) is 2.07. The highest BCUT2D eigenvalue weighted by atomic mass is 79.9. The van der Waals surface area contributed by atoms with Gasteiger partial charge in [-0.3, -0.25) is 0 Å². The second kappa shape index (κ2) is 5.19. The van der Waals surface area contributed by atoms with Crippen LogP contribution in [0.1, 0.15) is 20.3 Å². The number of benzene rings is 1. The molecular weight excluding hydrogens is 279 g/mol. The number of ether oxygens (including phenoxy) is 1. The summed E-state index contributed by atoms with van der Waals surface area (Å²) >= 11 is 9.15. The minimum Gasteiger partial charge on any atom is -0.492 e. The minimum absolute atomic E-state index is 0.476. The van der Waals surface area contributed by atoms with Crippen molar-refractivity contribution in [3.8, 4) is 5.75 Å². The van der Waals surface area contributed by atoms with Gasteiger partial charge >= 0.3 is 0 Å². The van der Waals surface area contributed by atoms with Crippen molar-refractivity contribution in [3.63, 3.8) is 0 Å². The molecule has 0 amide bonds. The molecule has 0 aliphatic rings. The Morgan fingerprint density at radius 2 is 2.13 bits per heavy atom. The maximum absolute atomic E-state index is 9.50. The van der Waals surface area contributed by atoms with Crippen LogP contribution in [0.5, 0.6) is 5.75 Å². The minimum atomic E-state index is -0.696. The van der Waals surface area contributed by atoms with Crippen LogP contribution >= 0.6 is 27.5 Å². The second-order valence-corrected chi connectivity index (χ2v) is 5.28. The van der Waals surface area contributed by atoms with Crippen molar-refractivity contribution in [2.45, 2.75) is 25.9 Å². The second-order valence-electron chi connectivity index (χ2n) is 3.99. The molecule has 0 atom stereocenters. The number of aliphatic hydroxyl groups is 1. The normalized spacial score (nSPS) is 11.5. The molecule has 1 aromatic carbocycles. The number of hydrogen-bond donors (Lipinski definition) is 1. The summed E-state index contributed by atoms with van der Waals surface area (Å²) in [6.07, 6.45) is 0.585. The van der Waals surface area contributed by atoms with Gasteiger partial charge in [-0.25, -0.2) is 0 Å². The maximum atomic E-state index is 9.50. The summed E-state index contributed by atoms with van der Waals surface area (Å²) in [6, 6.07) is 5.35. The van der Waals surface area contributed by atoms with Crippen LogP contribution in [-0.2, 0) is 0 Å². The summed E-state index contributed by atoms with van der Waals surface area (Å²) in [5.74, 6) is 0.739. The first-order valence-electron chi connectivity index (χ1n) is 4.69. The standard InChI is InChI=1S/C11H14BrClO2/c1-11(2,14)5-6-15-10-4-3-8(13)7-9(10)12/h3-4,7,14H,5-6H2,1-2H3. The summed E-state index contributed by atoms with van der Waals surface area (Å²) in [5.41, 5.74) is -0.696. The Labute approximate surface area is 103 Å². The largest absolute Gasteiger partial charge is 0.492 e. The van der Waals surface area contributed by atoms with Crippen molar-refractivity contribution in [2.75, 3.05) is 6.61 Å². The molecule has 0 aromatic heterocycles. The lowest BCUT2D eigenvalue weighted by Crippen LogP contribution is -2.21. The monoisotopic (exact) mass is 292 g/mol.